The number of hydrogen-bond acceptors (Lipinski definition) is 4. The summed E-state index contributed by atoms with van der Waals surface area (Å²) in [6, 6.07) is 0. The van der Waals surface area contributed by atoms with E-state index >= 15 is 0 Å². The van der Waals surface area contributed by atoms with Gasteiger partial charge in [-0.25, -0.2) is 0 Å². The van der Waals surface area contributed by atoms with Gasteiger partial charge in [-0.05, 0) is 31.6 Å². The Labute approximate surface area is 199 Å². The minimum Gasteiger partial charge on any atom is -0.756 e. The maximum Gasteiger partial charge on any atom is 0.268 e. The number of likely N-dealkylation sites (N-methyl/N-ethyl adjacent to an activating group) is 1. The molecule has 0 aromatic carbocycles. The number of quaternary nitrogens is 1. The predicted molar refractivity (Wildman–Crippen MR) is 134 cm³/mol. The molecule has 0 aliphatic carbocycles. The van der Waals surface area contributed by atoms with E-state index in [0.29, 0.717) is 0 Å². The van der Waals surface area contributed by atoms with Gasteiger partial charge < -0.3 is 18.4 Å². The van der Waals surface area contributed by atoms with Crippen LogP contribution in [0.4, 0.5) is 0 Å². The quantitative estimate of drug-likeness (QED) is 0.0997. The number of phosphoric ester groups is 1. The van der Waals surface area contributed by atoms with Crippen LogP contribution in [0.1, 0.15) is 123 Å². The van der Waals surface area contributed by atoms with Gasteiger partial charge >= 0.3 is 0 Å². The molecule has 32 heavy (non-hydrogen) atoms. The molecule has 1 rings (SSSR count). The molecule has 1 saturated heterocycles. The second-order valence-corrected chi connectivity index (χ2v) is 12.2. The molecule has 1 atom stereocenters. The molecule has 1 heterocycles. The van der Waals surface area contributed by atoms with Crippen molar-refractivity contribution in [3.63, 3.8) is 0 Å². The highest BCUT2D eigenvalue weighted by Gasteiger charge is 2.25. The van der Waals surface area contributed by atoms with Crippen LogP contribution in [0.5, 0.6) is 0 Å². The first kappa shape index (κ1) is 30.1. The average Bonchev–Trinajstić information content (AvgIpc) is 2.73. The molecule has 192 valence electrons. The minimum atomic E-state index is -4.14. The van der Waals surface area contributed by atoms with Gasteiger partial charge in [0, 0.05) is 0 Å². The SMILES string of the molecule is CC(C)CCCCCCCCCCCCCCCOP(=O)([O-])OCC[N+]1(C)CCCCC1. The Morgan fingerprint density at radius 1 is 0.719 bits per heavy atom. The van der Waals surface area contributed by atoms with Crippen LogP contribution in [0, 0.1) is 5.92 Å². The number of hydrogen-bond donors (Lipinski definition) is 0. The van der Waals surface area contributed by atoms with E-state index in [1.54, 1.807) is 0 Å². The molecule has 6 heteroatoms. The summed E-state index contributed by atoms with van der Waals surface area (Å²) in [6.07, 6.45) is 21.8. The zero-order valence-corrected chi connectivity index (χ0v) is 22.6. The molecule has 0 aromatic heterocycles. The van der Waals surface area contributed by atoms with Gasteiger partial charge in [0.15, 0.2) is 0 Å². The molecule has 1 fully saturated rings. The predicted octanol–water partition coefficient (Wildman–Crippen LogP) is 7.24. The van der Waals surface area contributed by atoms with Crippen molar-refractivity contribution in [3.8, 4) is 0 Å². The normalized spacial score (nSPS) is 18.2. The Hall–Kier alpha value is 0.0700. The first-order valence-electron chi connectivity index (χ1n) is 13.8. The van der Waals surface area contributed by atoms with Gasteiger partial charge in [-0.1, -0.05) is 97.3 Å². The summed E-state index contributed by atoms with van der Waals surface area (Å²) in [5, 5.41) is 0. The van der Waals surface area contributed by atoms with Gasteiger partial charge in [0.1, 0.15) is 13.2 Å². The summed E-state index contributed by atoms with van der Waals surface area (Å²) >= 11 is 0. The molecule has 0 aromatic rings. The lowest BCUT2D eigenvalue weighted by atomic mass is 10.0. The smallest absolute Gasteiger partial charge is 0.268 e. The number of likely N-dealkylation sites (tertiary alicyclic amines) is 1. The number of rotatable bonds is 21. The lowest BCUT2D eigenvalue weighted by molar-refractivity contribution is -0.914. The lowest BCUT2D eigenvalue weighted by Crippen LogP contribution is -2.49. The zero-order chi connectivity index (χ0) is 23.5. The molecule has 1 aliphatic rings. The molecule has 0 N–H and O–H groups in total. The molecule has 5 nitrogen and oxygen atoms in total. The van der Waals surface area contributed by atoms with Crippen LogP contribution in [-0.4, -0.2) is 44.4 Å². The van der Waals surface area contributed by atoms with Crippen molar-refractivity contribution >= 4 is 7.82 Å². The number of piperidine rings is 1. The Kier molecular flexibility index (Phi) is 17.3. The van der Waals surface area contributed by atoms with Crippen molar-refractivity contribution in [1.29, 1.82) is 0 Å². The molecule has 0 bridgehead atoms. The molecule has 0 radical (unpaired) electrons. The Morgan fingerprint density at radius 3 is 1.66 bits per heavy atom. The fourth-order valence-electron chi connectivity index (χ4n) is 4.69. The minimum absolute atomic E-state index is 0.232. The van der Waals surface area contributed by atoms with Gasteiger partial charge in [-0.2, -0.15) is 0 Å². The van der Waals surface area contributed by atoms with Gasteiger partial charge in [0.25, 0.3) is 7.82 Å². The van der Waals surface area contributed by atoms with Crippen LogP contribution in [-0.2, 0) is 13.6 Å². The van der Waals surface area contributed by atoms with E-state index < -0.39 is 7.82 Å². The van der Waals surface area contributed by atoms with Crippen molar-refractivity contribution in [2.75, 3.05) is 39.9 Å². The summed E-state index contributed by atoms with van der Waals surface area (Å²) in [5.74, 6) is 0.855. The monoisotopic (exact) mass is 475 g/mol. The Balaban J connectivity index is 1.83. The van der Waals surface area contributed by atoms with E-state index in [9.17, 15) is 9.46 Å². The van der Waals surface area contributed by atoms with Crippen molar-refractivity contribution < 1.29 is 23.0 Å². The third-order valence-corrected chi connectivity index (χ3v) is 7.95. The van der Waals surface area contributed by atoms with Crippen LogP contribution in [0.15, 0.2) is 0 Å². The van der Waals surface area contributed by atoms with Gasteiger partial charge in [0.2, 0.25) is 0 Å². The third kappa shape index (κ3) is 17.5. The molecule has 1 aliphatic heterocycles. The topological polar surface area (TPSA) is 58.6 Å². The van der Waals surface area contributed by atoms with Crippen LogP contribution >= 0.6 is 7.82 Å². The van der Waals surface area contributed by atoms with Crippen molar-refractivity contribution in [1.82, 2.24) is 0 Å². The largest absolute Gasteiger partial charge is 0.756 e. The van der Waals surface area contributed by atoms with Gasteiger partial charge in [-0.3, -0.25) is 4.57 Å². The maximum atomic E-state index is 11.9. The molecule has 0 spiro atoms. The first-order chi connectivity index (χ1) is 15.3. The fourth-order valence-corrected chi connectivity index (χ4v) is 5.42. The first-order valence-corrected chi connectivity index (χ1v) is 15.2. The van der Waals surface area contributed by atoms with E-state index in [1.807, 2.05) is 0 Å². The van der Waals surface area contributed by atoms with E-state index in [-0.39, 0.29) is 13.2 Å². The highest BCUT2D eigenvalue weighted by atomic mass is 31.2. The van der Waals surface area contributed by atoms with E-state index in [1.165, 1.54) is 96.3 Å². The van der Waals surface area contributed by atoms with E-state index in [0.717, 1.165) is 42.9 Å². The van der Waals surface area contributed by atoms with Crippen LogP contribution in [0.2, 0.25) is 0 Å². The Morgan fingerprint density at radius 2 is 1.16 bits per heavy atom. The van der Waals surface area contributed by atoms with Crippen molar-refractivity contribution in [3.05, 3.63) is 0 Å². The fraction of sp³-hybridized carbons (Fsp3) is 1.00. The second-order valence-electron chi connectivity index (χ2n) is 10.7. The third-order valence-electron chi connectivity index (χ3n) is 6.95. The van der Waals surface area contributed by atoms with E-state index in [4.69, 9.17) is 9.05 Å². The summed E-state index contributed by atoms with van der Waals surface area (Å²) in [4.78, 5) is 11.9. The molecule has 0 amide bonds. The summed E-state index contributed by atoms with van der Waals surface area (Å²) in [5.41, 5.74) is 0. The van der Waals surface area contributed by atoms with Gasteiger partial charge in [0.05, 0.1) is 26.7 Å². The van der Waals surface area contributed by atoms with Crippen molar-refractivity contribution in [2.45, 2.75) is 123 Å². The molecule has 0 saturated carbocycles. The summed E-state index contributed by atoms with van der Waals surface area (Å²) < 4.78 is 23.0. The van der Waals surface area contributed by atoms with Crippen molar-refractivity contribution in [2.24, 2.45) is 5.92 Å². The lowest BCUT2D eigenvalue weighted by Gasteiger charge is -2.38. The van der Waals surface area contributed by atoms with Crippen LogP contribution < -0.4 is 4.89 Å². The number of unbranched alkanes of at least 4 members (excludes halogenated alkanes) is 12. The standard InChI is InChI=1S/C26H54NO4P/c1-26(2)20-16-13-11-9-7-5-4-6-8-10-12-14-19-24-30-32(28,29)31-25-23-27(3)21-17-15-18-22-27/h26H,4-25H2,1-3H3. The summed E-state index contributed by atoms with van der Waals surface area (Å²) in [6.45, 7) is 8.09. The maximum absolute atomic E-state index is 11.9. The highest BCUT2D eigenvalue weighted by Crippen LogP contribution is 2.38. The molecule has 1 unspecified atom stereocenters. The van der Waals surface area contributed by atoms with E-state index in [2.05, 4.69) is 20.9 Å². The summed E-state index contributed by atoms with van der Waals surface area (Å²) in [7, 11) is -1.95. The average molecular weight is 476 g/mol. The highest BCUT2D eigenvalue weighted by molar-refractivity contribution is 7.45. The number of phosphoric acid groups is 1. The molecular weight excluding hydrogens is 421 g/mol. The van der Waals surface area contributed by atoms with Gasteiger partial charge in [-0.15, -0.1) is 0 Å². The Bertz CT molecular complexity index is 480. The van der Waals surface area contributed by atoms with Crippen LogP contribution in [0.25, 0.3) is 0 Å². The zero-order valence-electron chi connectivity index (χ0n) is 21.7. The number of nitrogens with zero attached hydrogens (tertiary/aromatic N) is 1. The second kappa shape index (κ2) is 18.4. The van der Waals surface area contributed by atoms with Crippen LogP contribution in [0.3, 0.4) is 0 Å². The molecular formula is C26H54NO4P.